The third-order valence-corrected chi connectivity index (χ3v) is 3.11. The van der Waals surface area contributed by atoms with Crippen LogP contribution in [0.3, 0.4) is 0 Å². The summed E-state index contributed by atoms with van der Waals surface area (Å²) < 4.78 is 5.97. The number of furan rings is 1. The predicted octanol–water partition coefficient (Wildman–Crippen LogP) is 3.00. The van der Waals surface area contributed by atoms with E-state index in [0.29, 0.717) is 15.8 Å². The maximum Gasteiger partial charge on any atom is 0.153 e. The molecule has 2 N–H and O–H groups in total. The van der Waals surface area contributed by atoms with Crippen LogP contribution in [0, 0.1) is 0 Å². The average Bonchev–Trinajstić information content (AvgIpc) is 2.66. The minimum absolute atomic E-state index is 0.165. The van der Waals surface area contributed by atoms with E-state index < -0.39 is 5.60 Å². The molecular weight excluding hydrogens is 272 g/mol. The molecule has 0 bridgehead atoms. The molecule has 1 heterocycles. The molecule has 0 saturated carbocycles. The molecule has 1 aromatic heterocycles. The minimum atomic E-state index is -1.23. The van der Waals surface area contributed by atoms with Crippen molar-refractivity contribution in [3.63, 3.8) is 0 Å². The number of phenolic OH excluding ortho intramolecular Hbond substituents is 1. The maximum absolute atomic E-state index is 10.4. The summed E-state index contributed by atoms with van der Waals surface area (Å²) in [5.41, 5.74) is -0.572. The van der Waals surface area contributed by atoms with E-state index in [4.69, 9.17) is 4.42 Å². The summed E-state index contributed by atoms with van der Waals surface area (Å²) in [6.45, 7) is 1.64. The van der Waals surface area contributed by atoms with Crippen molar-refractivity contribution in [2.75, 3.05) is 0 Å². The molecule has 2 rings (SSSR count). The fraction of sp³-hybridized carbons (Fsp3) is 0.167. The van der Waals surface area contributed by atoms with Crippen LogP contribution in [-0.2, 0) is 5.60 Å². The van der Waals surface area contributed by atoms with Gasteiger partial charge >= 0.3 is 0 Å². The van der Waals surface area contributed by atoms with Crippen LogP contribution in [0.15, 0.2) is 45.5 Å². The molecule has 0 saturated heterocycles. The summed E-state index contributed by atoms with van der Waals surface area (Å²) in [4.78, 5) is 0. The average molecular weight is 283 g/mol. The van der Waals surface area contributed by atoms with Gasteiger partial charge in [-0.15, -0.1) is 0 Å². The summed E-state index contributed by atoms with van der Waals surface area (Å²) in [7, 11) is 0. The Morgan fingerprint density at radius 2 is 1.81 bits per heavy atom. The van der Waals surface area contributed by atoms with Crippen molar-refractivity contribution in [2.45, 2.75) is 12.5 Å². The number of rotatable bonds is 2. The quantitative estimate of drug-likeness (QED) is 0.890. The normalized spacial score (nSPS) is 14.7. The number of benzene rings is 1. The molecule has 0 radical (unpaired) electrons. The monoisotopic (exact) mass is 282 g/mol. The fourth-order valence-electron chi connectivity index (χ4n) is 1.56. The summed E-state index contributed by atoms with van der Waals surface area (Å²) in [6, 6.07) is 8.10. The van der Waals surface area contributed by atoms with Gasteiger partial charge in [-0.3, -0.25) is 0 Å². The zero-order valence-corrected chi connectivity index (χ0v) is 10.2. The number of hydrogen-bond donors (Lipinski definition) is 2. The summed E-state index contributed by atoms with van der Waals surface area (Å²) >= 11 is 3.31. The van der Waals surface area contributed by atoms with Gasteiger partial charge in [0.1, 0.15) is 11.4 Å². The van der Waals surface area contributed by atoms with Crippen LogP contribution in [-0.4, -0.2) is 10.2 Å². The molecule has 2 aromatic rings. The van der Waals surface area contributed by atoms with Crippen molar-refractivity contribution in [3.8, 4) is 5.75 Å². The van der Waals surface area contributed by atoms with Crippen molar-refractivity contribution >= 4 is 15.9 Å². The number of aromatic hydroxyl groups is 1. The fourth-order valence-corrected chi connectivity index (χ4v) is 2.15. The molecule has 1 atom stereocenters. The molecule has 0 aliphatic carbocycles. The Bertz CT molecular complexity index is 485. The lowest BCUT2D eigenvalue weighted by Crippen LogP contribution is -2.22. The summed E-state index contributed by atoms with van der Waals surface area (Å²) in [5.74, 6) is 0.608. The van der Waals surface area contributed by atoms with E-state index in [9.17, 15) is 10.2 Å². The number of halogens is 1. The largest absolute Gasteiger partial charge is 0.508 e. The lowest BCUT2D eigenvalue weighted by atomic mass is 9.93. The lowest BCUT2D eigenvalue weighted by molar-refractivity contribution is 0.0757. The molecule has 1 unspecified atom stereocenters. The molecule has 0 aliphatic rings. The van der Waals surface area contributed by atoms with Crippen molar-refractivity contribution in [3.05, 3.63) is 52.4 Å². The summed E-state index contributed by atoms with van der Waals surface area (Å²) in [5, 5.41) is 19.6. The minimum Gasteiger partial charge on any atom is -0.508 e. The Kier molecular flexibility index (Phi) is 2.78. The van der Waals surface area contributed by atoms with Crippen LogP contribution in [0.2, 0.25) is 0 Å². The number of aliphatic hydroxyl groups is 1. The highest BCUT2D eigenvalue weighted by atomic mass is 79.9. The van der Waals surface area contributed by atoms with Gasteiger partial charge in [0.2, 0.25) is 0 Å². The SMILES string of the molecule is CC(O)(c1ccc(O)cc1)c1occc1Br. The van der Waals surface area contributed by atoms with Gasteiger partial charge in [-0.2, -0.15) is 0 Å². The van der Waals surface area contributed by atoms with Gasteiger partial charge in [-0.05, 0) is 46.6 Å². The molecule has 3 nitrogen and oxygen atoms in total. The van der Waals surface area contributed by atoms with Gasteiger partial charge in [-0.25, -0.2) is 0 Å². The van der Waals surface area contributed by atoms with Gasteiger partial charge in [-0.1, -0.05) is 12.1 Å². The molecule has 0 amide bonds. The van der Waals surface area contributed by atoms with E-state index in [1.807, 2.05) is 0 Å². The Morgan fingerprint density at radius 3 is 2.31 bits per heavy atom. The van der Waals surface area contributed by atoms with E-state index in [-0.39, 0.29) is 5.75 Å². The Balaban J connectivity index is 2.46. The Morgan fingerprint density at radius 1 is 1.19 bits per heavy atom. The van der Waals surface area contributed by atoms with Crippen molar-refractivity contribution in [1.82, 2.24) is 0 Å². The van der Waals surface area contributed by atoms with Crippen molar-refractivity contribution in [1.29, 1.82) is 0 Å². The molecule has 4 heteroatoms. The lowest BCUT2D eigenvalue weighted by Gasteiger charge is -2.21. The van der Waals surface area contributed by atoms with E-state index in [1.165, 1.54) is 18.4 Å². The highest BCUT2D eigenvalue weighted by molar-refractivity contribution is 9.10. The Labute approximate surface area is 101 Å². The molecule has 1 aromatic carbocycles. The van der Waals surface area contributed by atoms with Gasteiger partial charge in [0.15, 0.2) is 5.76 Å². The number of hydrogen-bond acceptors (Lipinski definition) is 3. The van der Waals surface area contributed by atoms with Gasteiger partial charge in [0.25, 0.3) is 0 Å². The van der Waals surface area contributed by atoms with E-state index >= 15 is 0 Å². The zero-order valence-electron chi connectivity index (χ0n) is 8.64. The molecule has 0 aliphatic heterocycles. The van der Waals surface area contributed by atoms with Crippen molar-refractivity contribution in [2.24, 2.45) is 0 Å². The predicted molar refractivity (Wildman–Crippen MR) is 63.2 cm³/mol. The second-order valence-corrected chi connectivity index (χ2v) is 4.57. The van der Waals surface area contributed by atoms with Crippen LogP contribution < -0.4 is 0 Å². The Hall–Kier alpha value is -1.26. The summed E-state index contributed by atoms with van der Waals surface area (Å²) in [6.07, 6.45) is 1.51. The first-order valence-corrected chi connectivity index (χ1v) is 5.56. The second kappa shape index (κ2) is 3.96. The van der Waals surface area contributed by atoms with Crippen LogP contribution in [0.25, 0.3) is 0 Å². The molecule has 16 heavy (non-hydrogen) atoms. The molecule has 0 fully saturated rings. The van der Waals surface area contributed by atoms with Crippen molar-refractivity contribution < 1.29 is 14.6 Å². The van der Waals surface area contributed by atoms with Crippen LogP contribution >= 0.6 is 15.9 Å². The molecule has 0 spiro atoms. The maximum atomic E-state index is 10.4. The standard InChI is InChI=1S/C12H11BrO3/c1-12(15,11-10(13)6-7-16-11)8-2-4-9(14)5-3-8/h2-7,14-15H,1H3. The first-order chi connectivity index (χ1) is 7.51. The van der Waals surface area contributed by atoms with Crippen LogP contribution in [0.1, 0.15) is 18.2 Å². The first kappa shape index (κ1) is 11.2. The van der Waals surface area contributed by atoms with E-state index in [2.05, 4.69) is 15.9 Å². The number of phenols is 1. The third kappa shape index (κ3) is 1.86. The van der Waals surface area contributed by atoms with Crippen LogP contribution in [0.5, 0.6) is 5.75 Å². The van der Waals surface area contributed by atoms with Crippen LogP contribution in [0.4, 0.5) is 0 Å². The molecular formula is C12H11BrO3. The highest BCUT2D eigenvalue weighted by Gasteiger charge is 2.31. The highest BCUT2D eigenvalue weighted by Crippen LogP contribution is 2.35. The topological polar surface area (TPSA) is 53.6 Å². The smallest absolute Gasteiger partial charge is 0.153 e. The third-order valence-electron chi connectivity index (χ3n) is 2.49. The van der Waals surface area contributed by atoms with Gasteiger partial charge in [0.05, 0.1) is 10.7 Å². The molecule has 84 valence electrons. The van der Waals surface area contributed by atoms with E-state index in [1.54, 1.807) is 25.1 Å². The van der Waals surface area contributed by atoms with Gasteiger partial charge < -0.3 is 14.6 Å². The van der Waals surface area contributed by atoms with Gasteiger partial charge in [0, 0.05) is 0 Å². The zero-order chi connectivity index (χ0) is 11.8. The van der Waals surface area contributed by atoms with E-state index in [0.717, 1.165) is 0 Å². The second-order valence-electron chi connectivity index (χ2n) is 3.72. The first-order valence-electron chi connectivity index (χ1n) is 4.77.